The zero-order valence-electron chi connectivity index (χ0n) is 16.8. The van der Waals surface area contributed by atoms with Gasteiger partial charge in [-0.3, -0.25) is 4.40 Å². The maximum Gasteiger partial charge on any atom is 0.339 e. The van der Waals surface area contributed by atoms with Crippen molar-refractivity contribution in [3.63, 3.8) is 0 Å². The third kappa shape index (κ3) is 3.29. The molecule has 3 aromatic rings. The summed E-state index contributed by atoms with van der Waals surface area (Å²) in [6, 6.07) is 7.95. The summed E-state index contributed by atoms with van der Waals surface area (Å²) in [5.41, 5.74) is 7.48. The van der Waals surface area contributed by atoms with E-state index in [1.165, 1.54) is 16.7 Å². The molecule has 0 fully saturated rings. The number of hydrogen-bond donors (Lipinski definition) is 2. The van der Waals surface area contributed by atoms with Crippen molar-refractivity contribution in [1.29, 1.82) is 0 Å². The van der Waals surface area contributed by atoms with Crippen molar-refractivity contribution in [2.45, 2.75) is 54.0 Å². The highest BCUT2D eigenvalue weighted by molar-refractivity contribution is 5.94. The van der Waals surface area contributed by atoms with Gasteiger partial charge in [0.05, 0.1) is 5.69 Å². The summed E-state index contributed by atoms with van der Waals surface area (Å²) in [6.07, 6.45) is 0. The number of carboxylic acids is 1. The van der Waals surface area contributed by atoms with Gasteiger partial charge < -0.3 is 10.4 Å². The summed E-state index contributed by atoms with van der Waals surface area (Å²) >= 11 is 0. The molecule has 0 saturated carbocycles. The second-order valence-electron chi connectivity index (χ2n) is 7.49. The van der Waals surface area contributed by atoms with Crippen LogP contribution in [0.5, 0.6) is 0 Å². The Morgan fingerprint density at radius 2 is 1.81 bits per heavy atom. The van der Waals surface area contributed by atoms with Gasteiger partial charge in [0.1, 0.15) is 17.0 Å². The molecule has 0 atom stereocenters. The zero-order valence-corrected chi connectivity index (χ0v) is 16.8. The fraction of sp³-hybridized carbons (Fsp3) is 0.364. The summed E-state index contributed by atoms with van der Waals surface area (Å²) in [4.78, 5) is 16.7. The molecule has 0 saturated heterocycles. The Morgan fingerprint density at radius 3 is 2.37 bits per heavy atom. The van der Waals surface area contributed by atoms with Crippen LogP contribution in [0.1, 0.15) is 63.8 Å². The Hall–Kier alpha value is -2.82. The first-order valence-electron chi connectivity index (χ1n) is 9.27. The third-order valence-electron chi connectivity index (χ3n) is 5.31. The first-order valence-corrected chi connectivity index (χ1v) is 9.27. The van der Waals surface area contributed by atoms with Gasteiger partial charge in [-0.2, -0.15) is 0 Å². The van der Waals surface area contributed by atoms with Gasteiger partial charge in [0.15, 0.2) is 0 Å². The number of hydrogen-bond acceptors (Lipinski definition) is 3. The molecule has 0 radical (unpaired) electrons. The number of nitrogens with one attached hydrogen (secondary N) is 1. The molecule has 0 spiro atoms. The molecule has 2 N–H and O–H groups in total. The van der Waals surface area contributed by atoms with E-state index in [0.717, 1.165) is 22.6 Å². The molecule has 2 heterocycles. The van der Waals surface area contributed by atoms with Crippen LogP contribution in [0.2, 0.25) is 0 Å². The number of imidazole rings is 1. The first kappa shape index (κ1) is 19.0. The predicted molar refractivity (Wildman–Crippen MR) is 109 cm³/mol. The summed E-state index contributed by atoms with van der Waals surface area (Å²) in [7, 11) is 0. The molecule has 2 aromatic heterocycles. The highest BCUT2D eigenvalue weighted by Crippen LogP contribution is 2.30. The molecule has 1 aromatic carbocycles. The van der Waals surface area contributed by atoms with Crippen LogP contribution in [0.3, 0.4) is 0 Å². The predicted octanol–water partition coefficient (Wildman–Crippen LogP) is 5.00. The number of nitrogens with zero attached hydrogens (tertiary/aromatic N) is 2. The molecule has 0 aliphatic carbocycles. The van der Waals surface area contributed by atoms with Crippen molar-refractivity contribution in [3.8, 4) is 0 Å². The van der Waals surface area contributed by atoms with Crippen LogP contribution in [0.15, 0.2) is 24.3 Å². The molecule has 0 unspecified atom stereocenters. The fourth-order valence-corrected chi connectivity index (χ4v) is 3.55. The first-order chi connectivity index (χ1) is 12.7. The van der Waals surface area contributed by atoms with Crippen LogP contribution in [0, 0.1) is 27.7 Å². The Labute approximate surface area is 160 Å². The average Bonchev–Trinajstić information content (AvgIpc) is 2.88. The van der Waals surface area contributed by atoms with Gasteiger partial charge in [0, 0.05) is 12.2 Å². The van der Waals surface area contributed by atoms with Crippen molar-refractivity contribution >= 4 is 17.4 Å². The summed E-state index contributed by atoms with van der Waals surface area (Å²) < 4.78 is 1.96. The zero-order chi connectivity index (χ0) is 19.9. The summed E-state index contributed by atoms with van der Waals surface area (Å²) in [6.45, 7) is 12.8. The van der Waals surface area contributed by atoms with Crippen LogP contribution in [-0.4, -0.2) is 20.5 Å². The van der Waals surface area contributed by atoms with Gasteiger partial charge in [0.2, 0.25) is 0 Å². The molecular formula is C22H27N3O2. The van der Waals surface area contributed by atoms with Gasteiger partial charge in [-0.1, -0.05) is 32.0 Å². The van der Waals surface area contributed by atoms with Gasteiger partial charge >= 0.3 is 5.97 Å². The molecule has 0 bridgehead atoms. The minimum absolute atomic E-state index is 0.180. The topological polar surface area (TPSA) is 66.6 Å². The molecule has 3 rings (SSSR count). The normalized spacial score (nSPS) is 11.4. The minimum atomic E-state index is -0.937. The van der Waals surface area contributed by atoms with Crippen molar-refractivity contribution < 1.29 is 9.90 Å². The van der Waals surface area contributed by atoms with Gasteiger partial charge in [-0.15, -0.1) is 0 Å². The number of aromatic nitrogens is 2. The number of aromatic carboxylic acids is 1. The Kier molecular flexibility index (Phi) is 4.96. The lowest BCUT2D eigenvalue weighted by molar-refractivity contribution is 0.0697. The summed E-state index contributed by atoms with van der Waals surface area (Å²) in [5, 5.41) is 13.3. The quantitative estimate of drug-likeness (QED) is 0.667. The molecule has 5 heteroatoms. The Balaban J connectivity index is 2.20. The number of fused-ring (bicyclic) bond motifs is 1. The largest absolute Gasteiger partial charge is 0.478 e. The monoisotopic (exact) mass is 365 g/mol. The SMILES string of the molecule is Cc1cccc(C)c1CNc1c(C(=O)O)cc(C(C)C)c2nc(C)c(C)n12. The van der Waals surface area contributed by atoms with E-state index in [-0.39, 0.29) is 11.5 Å². The van der Waals surface area contributed by atoms with E-state index in [0.29, 0.717) is 12.4 Å². The number of aryl methyl sites for hydroxylation is 4. The molecule has 0 amide bonds. The molecule has 5 nitrogen and oxygen atoms in total. The smallest absolute Gasteiger partial charge is 0.339 e. The van der Waals surface area contributed by atoms with E-state index in [1.54, 1.807) is 6.07 Å². The Morgan fingerprint density at radius 1 is 1.19 bits per heavy atom. The average molecular weight is 365 g/mol. The number of carboxylic acid groups (broad SMARTS) is 1. The molecular weight excluding hydrogens is 338 g/mol. The second-order valence-corrected chi connectivity index (χ2v) is 7.49. The third-order valence-corrected chi connectivity index (χ3v) is 5.31. The van der Waals surface area contributed by atoms with E-state index >= 15 is 0 Å². The fourth-order valence-electron chi connectivity index (χ4n) is 3.55. The highest BCUT2D eigenvalue weighted by Gasteiger charge is 2.22. The Bertz CT molecular complexity index is 1010. The lowest BCUT2D eigenvalue weighted by Crippen LogP contribution is -2.14. The maximum atomic E-state index is 12.0. The van der Waals surface area contributed by atoms with Gasteiger partial charge in [0.25, 0.3) is 0 Å². The van der Waals surface area contributed by atoms with Crippen LogP contribution in [-0.2, 0) is 6.54 Å². The maximum absolute atomic E-state index is 12.0. The second kappa shape index (κ2) is 7.06. The number of pyridine rings is 1. The number of anilines is 1. The minimum Gasteiger partial charge on any atom is -0.478 e. The highest BCUT2D eigenvalue weighted by atomic mass is 16.4. The van der Waals surface area contributed by atoms with E-state index in [1.807, 2.05) is 24.3 Å². The molecule has 0 aliphatic heterocycles. The van der Waals surface area contributed by atoms with E-state index in [2.05, 4.69) is 45.1 Å². The van der Waals surface area contributed by atoms with Crippen molar-refractivity contribution in [2.75, 3.05) is 5.32 Å². The number of rotatable bonds is 5. The lowest BCUT2D eigenvalue weighted by Gasteiger charge is -2.18. The van der Waals surface area contributed by atoms with Gasteiger partial charge in [-0.25, -0.2) is 9.78 Å². The van der Waals surface area contributed by atoms with Crippen LogP contribution in [0.25, 0.3) is 5.65 Å². The molecule has 0 aliphatic rings. The molecule has 27 heavy (non-hydrogen) atoms. The standard InChI is InChI=1S/C22H27N3O2/c1-12(2)17-10-18(22(26)27)20(25-16(6)15(5)24-21(17)25)23-11-19-13(3)8-7-9-14(19)4/h7-10,12,23H,11H2,1-6H3,(H,26,27). The van der Waals surface area contributed by atoms with E-state index < -0.39 is 5.97 Å². The lowest BCUT2D eigenvalue weighted by atomic mass is 10.0. The van der Waals surface area contributed by atoms with E-state index in [9.17, 15) is 9.90 Å². The summed E-state index contributed by atoms with van der Waals surface area (Å²) in [5.74, 6) is -0.171. The van der Waals surface area contributed by atoms with Crippen molar-refractivity contribution in [3.05, 3.63) is 63.5 Å². The van der Waals surface area contributed by atoms with Crippen LogP contribution < -0.4 is 5.32 Å². The van der Waals surface area contributed by atoms with Crippen LogP contribution in [0.4, 0.5) is 5.82 Å². The number of benzene rings is 1. The van der Waals surface area contributed by atoms with Crippen molar-refractivity contribution in [2.24, 2.45) is 0 Å². The molecule has 142 valence electrons. The number of carbonyl (C=O) groups is 1. The van der Waals surface area contributed by atoms with E-state index in [4.69, 9.17) is 4.98 Å². The van der Waals surface area contributed by atoms with Gasteiger partial charge in [-0.05, 0) is 61.9 Å². The van der Waals surface area contributed by atoms with Crippen LogP contribution >= 0.6 is 0 Å². The van der Waals surface area contributed by atoms with Crippen molar-refractivity contribution in [1.82, 2.24) is 9.38 Å².